The molecule has 0 bridgehead atoms. The van der Waals surface area contributed by atoms with Crippen LogP contribution in [0.1, 0.15) is 30.9 Å². The summed E-state index contributed by atoms with van der Waals surface area (Å²) in [7, 11) is 0. The molecular formula is C38H29NS. The van der Waals surface area contributed by atoms with Crippen molar-refractivity contribution in [2.45, 2.75) is 26.7 Å². The van der Waals surface area contributed by atoms with Gasteiger partial charge in [-0.05, 0) is 96.5 Å². The lowest BCUT2D eigenvalue weighted by molar-refractivity contribution is 0.978. The lowest BCUT2D eigenvalue weighted by Crippen LogP contribution is -2.04. The molecule has 5 aromatic carbocycles. The number of fused-ring (bicyclic) bond motifs is 6. The summed E-state index contributed by atoms with van der Waals surface area (Å²) in [6.07, 6.45) is 4.48. The number of rotatable bonds is 3. The Labute approximate surface area is 238 Å². The monoisotopic (exact) mass is 531 g/mol. The molecule has 0 N–H and O–H groups in total. The molecule has 0 fully saturated rings. The van der Waals surface area contributed by atoms with Gasteiger partial charge in [0.2, 0.25) is 0 Å². The fraction of sp³-hybridized carbons (Fsp3) is 0.105. The number of allylic oxidation sites excluding steroid dienone is 4. The molecule has 0 aliphatic heterocycles. The van der Waals surface area contributed by atoms with Gasteiger partial charge in [0, 0.05) is 36.6 Å². The summed E-state index contributed by atoms with van der Waals surface area (Å²) in [5, 5.41) is 5.36. The summed E-state index contributed by atoms with van der Waals surface area (Å²) in [6.45, 7) is 4.59. The highest BCUT2D eigenvalue weighted by molar-refractivity contribution is 7.25. The van der Waals surface area contributed by atoms with E-state index in [1.54, 1.807) is 0 Å². The third-order valence-electron chi connectivity index (χ3n) is 8.70. The van der Waals surface area contributed by atoms with Crippen molar-refractivity contribution in [1.29, 1.82) is 0 Å². The van der Waals surface area contributed by atoms with Gasteiger partial charge in [-0.1, -0.05) is 78.9 Å². The summed E-state index contributed by atoms with van der Waals surface area (Å²) >= 11 is 1.88. The number of hydrogen-bond acceptors (Lipinski definition) is 1. The Kier molecular flexibility index (Phi) is 5.33. The molecule has 0 atom stereocenters. The molecule has 0 saturated heterocycles. The van der Waals surface area contributed by atoms with E-state index >= 15 is 0 Å². The number of hydrogen-bond donors (Lipinski definition) is 0. The fourth-order valence-electron chi connectivity index (χ4n) is 6.78. The van der Waals surface area contributed by atoms with Gasteiger partial charge in [-0.25, -0.2) is 0 Å². The molecule has 0 spiro atoms. The molecule has 0 radical (unpaired) electrons. The molecular weight excluding hydrogens is 502 g/mol. The van der Waals surface area contributed by atoms with Crippen LogP contribution >= 0.6 is 11.3 Å². The van der Waals surface area contributed by atoms with Gasteiger partial charge in [-0.15, -0.1) is 11.3 Å². The van der Waals surface area contributed by atoms with Crippen LogP contribution in [0, 0.1) is 6.92 Å². The van der Waals surface area contributed by atoms with Gasteiger partial charge >= 0.3 is 0 Å². The van der Waals surface area contributed by atoms with Crippen LogP contribution in [0.5, 0.6) is 0 Å². The largest absolute Gasteiger partial charge is 0.313 e. The van der Waals surface area contributed by atoms with Crippen molar-refractivity contribution in [3.05, 3.63) is 132 Å². The normalized spacial score (nSPS) is 14.1. The van der Waals surface area contributed by atoms with E-state index in [-0.39, 0.29) is 0 Å². The van der Waals surface area contributed by atoms with Crippen LogP contribution in [0.15, 0.2) is 121 Å². The average molecular weight is 532 g/mol. The maximum Gasteiger partial charge on any atom is 0.0537 e. The van der Waals surface area contributed by atoms with Crippen LogP contribution in [0.4, 0.5) is 0 Å². The molecule has 7 aromatic rings. The Balaban J connectivity index is 1.24. The van der Waals surface area contributed by atoms with Crippen LogP contribution in [0.25, 0.3) is 64.4 Å². The van der Waals surface area contributed by atoms with Gasteiger partial charge in [0.25, 0.3) is 0 Å². The maximum atomic E-state index is 2.48. The highest BCUT2D eigenvalue weighted by atomic mass is 32.1. The molecule has 1 nitrogen and oxygen atoms in total. The molecule has 0 unspecified atom stereocenters. The average Bonchev–Trinajstić information content (AvgIpc) is 3.53. The van der Waals surface area contributed by atoms with Crippen molar-refractivity contribution >= 4 is 64.6 Å². The molecule has 0 saturated carbocycles. The fourth-order valence-corrected chi connectivity index (χ4v) is 7.87. The van der Waals surface area contributed by atoms with Gasteiger partial charge in [-0.3, -0.25) is 0 Å². The minimum atomic E-state index is 1.02. The van der Waals surface area contributed by atoms with E-state index in [1.807, 2.05) is 11.3 Å². The first-order valence-corrected chi connectivity index (χ1v) is 14.9. The molecule has 2 aromatic heterocycles. The molecule has 1 aliphatic carbocycles. The third-order valence-corrected chi connectivity index (χ3v) is 9.86. The van der Waals surface area contributed by atoms with E-state index in [2.05, 4.69) is 134 Å². The highest BCUT2D eigenvalue weighted by Gasteiger charge is 2.20. The van der Waals surface area contributed by atoms with Gasteiger partial charge in [0.15, 0.2) is 0 Å². The predicted octanol–water partition coefficient (Wildman–Crippen LogP) is 11.2. The second-order valence-corrected chi connectivity index (χ2v) is 12.0. The van der Waals surface area contributed by atoms with Crippen LogP contribution in [-0.4, -0.2) is 4.57 Å². The molecule has 40 heavy (non-hydrogen) atoms. The Morgan fingerprint density at radius 3 is 1.98 bits per heavy atom. The maximum absolute atomic E-state index is 2.48. The Bertz CT molecular complexity index is 2130. The third kappa shape index (κ3) is 3.53. The lowest BCUT2D eigenvalue weighted by Gasteiger charge is -2.23. The molecule has 2 heterocycles. The van der Waals surface area contributed by atoms with Crippen molar-refractivity contribution in [2.24, 2.45) is 0 Å². The number of nitrogens with zero attached hydrogens (tertiary/aromatic N) is 1. The SMILES string of the molecule is CC1=C(c2cccc(-c3ccc4sc5ccccc5c4c3)c2C)CCC(n2c3ccccc3c3ccccc32)=C1. The van der Waals surface area contributed by atoms with Gasteiger partial charge in [0.05, 0.1) is 11.0 Å². The van der Waals surface area contributed by atoms with Crippen LogP contribution < -0.4 is 0 Å². The molecule has 8 rings (SSSR count). The molecule has 192 valence electrons. The zero-order chi connectivity index (χ0) is 26.8. The second-order valence-electron chi connectivity index (χ2n) is 11.0. The Hall–Kier alpha value is -4.40. The quantitative estimate of drug-likeness (QED) is 0.214. The van der Waals surface area contributed by atoms with Gasteiger partial charge in [-0.2, -0.15) is 0 Å². The van der Waals surface area contributed by atoms with Crippen LogP contribution in [0.2, 0.25) is 0 Å². The number of benzene rings is 5. The first kappa shape index (κ1) is 23.5. The number of thiophene rings is 1. The Morgan fingerprint density at radius 1 is 0.575 bits per heavy atom. The lowest BCUT2D eigenvalue weighted by atomic mass is 9.86. The van der Waals surface area contributed by atoms with E-state index in [4.69, 9.17) is 0 Å². The van der Waals surface area contributed by atoms with E-state index < -0.39 is 0 Å². The van der Waals surface area contributed by atoms with E-state index in [9.17, 15) is 0 Å². The summed E-state index contributed by atoms with van der Waals surface area (Å²) in [6, 6.07) is 40.2. The van der Waals surface area contributed by atoms with E-state index in [0.29, 0.717) is 0 Å². The summed E-state index contributed by atoms with van der Waals surface area (Å²) in [5.74, 6) is 0. The summed E-state index contributed by atoms with van der Waals surface area (Å²) < 4.78 is 5.19. The summed E-state index contributed by atoms with van der Waals surface area (Å²) in [5.41, 5.74) is 12.2. The standard InChI is InChI=1S/C38H29NS/c1-24-22-27(39-35-15-6-3-10-31(35)32-11-4-7-16-36(32)39)19-20-28(24)30-14-9-13-29(25(30)2)26-18-21-38-34(23-26)33-12-5-8-17-37(33)40-38/h3-18,21-23H,19-20H2,1-2H3. The summed E-state index contributed by atoms with van der Waals surface area (Å²) in [4.78, 5) is 0. The van der Waals surface area contributed by atoms with Crippen molar-refractivity contribution in [1.82, 2.24) is 4.57 Å². The zero-order valence-electron chi connectivity index (χ0n) is 22.7. The van der Waals surface area contributed by atoms with Gasteiger partial charge < -0.3 is 4.57 Å². The van der Waals surface area contributed by atoms with Crippen molar-refractivity contribution in [2.75, 3.05) is 0 Å². The van der Waals surface area contributed by atoms with E-state index in [0.717, 1.165) is 12.8 Å². The molecule has 1 aliphatic rings. The second kappa shape index (κ2) is 9.08. The smallest absolute Gasteiger partial charge is 0.0537 e. The topological polar surface area (TPSA) is 4.93 Å². The van der Waals surface area contributed by atoms with Crippen LogP contribution in [0.3, 0.4) is 0 Å². The molecule has 2 heteroatoms. The minimum Gasteiger partial charge on any atom is -0.313 e. The van der Waals surface area contributed by atoms with Gasteiger partial charge in [0.1, 0.15) is 0 Å². The number of para-hydroxylation sites is 2. The van der Waals surface area contributed by atoms with Crippen molar-refractivity contribution in [3.8, 4) is 11.1 Å². The highest BCUT2D eigenvalue weighted by Crippen LogP contribution is 2.42. The first-order valence-electron chi connectivity index (χ1n) is 14.1. The van der Waals surface area contributed by atoms with Crippen LogP contribution in [-0.2, 0) is 0 Å². The zero-order valence-corrected chi connectivity index (χ0v) is 23.6. The van der Waals surface area contributed by atoms with Crippen molar-refractivity contribution < 1.29 is 0 Å². The Morgan fingerprint density at radius 2 is 1.23 bits per heavy atom. The minimum absolute atomic E-state index is 1.02. The molecule has 0 amide bonds. The number of aromatic nitrogens is 1. The van der Waals surface area contributed by atoms with Crippen molar-refractivity contribution in [3.63, 3.8) is 0 Å². The van der Waals surface area contributed by atoms with E-state index in [1.165, 1.54) is 81.1 Å². The first-order chi connectivity index (χ1) is 19.7. The predicted molar refractivity (Wildman–Crippen MR) is 175 cm³/mol.